The molecule has 1 saturated heterocycles. The van der Waals surface area contributed by atoms with Crippen molar-refractivity contribution >= 4 is 5.69 Å². The molecule has 0 aliphatic carbocycles. The zero-order chi connectivity index (χ0) is 14.7. The van der Waals surface area contributed by atoms with Gasteiger partial charge in [-0.2, -0.15) is 0 Å². The first-order valence-corrected chi connectivity index (χ1v) is 7.23. The average molecular weight is 277 g/mol. The molecule has 1 heterocycles. The molecule has 0 saturated carbocycles. The second kappa shape index (κ2) is 6.33. The highest BCUT2D eigenvalue weighted by molar-refractivity contribution is 5.34. The number of nitro groups is 1. The molecule has 20 heavy (non-hydrogen) atoms. The summed E-state index contributed by atoms with van der Waals surface area (Å²) >= 11 is 0. The summed E-state index contributed by atoms with van der Waals surface area (Å²) in [5, 5.41) is 10.7. The summed E-state index contributed by atoms with van der Waals surface area (Å²) in [4.78, 5) is 12.8. The summed E-state index contributed by atoms with van der Waals surface area (Å²) in [5.41, 5.74) is 7.29. The van der Waals surface area contributed by atoms with Gasteiger partial charge in [0.15, 0.2) is 0 Å². The lowest BCUT2D eigenvalue weighted by Crippen LogP contribution is -2.43. The van der Waals surface area contributed by atoms with Crippen molar-refractivity contribution in [2.75, 3.05) is 13.1 Å². The first-order valence-electron chi connectivity index (χ1n) is 7.23. The highest BCUT2D eigenvalue weighted by Crippen LogP contribution is 2.28. The quantitative estimate of drug-likeness (QED) is 0.678. The highest BCUT2D eigenvalue weighted by atomic mass is 16.6. The van der Waals surface area contributed by atoms with Crippen molar-refractivity contribution in [3.8, 4) is 0 Å². The van der Waals surface area contributed by atoms with Gasteiger partial charge in [-0.25, -0.2) is 0 Å². The van der Waals surface area contributed by atoms with Gasteiger partial charge in [-0.15, -0.1) is 0 Å². The molecule has 2 rings (SSSR count). The van der Waals surface area contributed by atoms with Crippen LogP contribution in [-0.2, 0) is 0 Å². The van der Waals surface area contributed by atoms with Crippen molar-refractivity contribution in [3.63, 3.8) is 0 Å². The van der Waals surface area contributed by atoms with Gasteiger partial charge in [0.25, 0.3) is 5.69 Å². The second-order valence-electron chi connectivity index (χ2n) is 5.78. The van der Waals surface area contributed by atoms with Crippen LogP contribution in [0.5, 0.6) is 0 Å². The van der Waals surface area contributed by atoms with Crippen LogP contribution in [0.2, 0.25) is 0 Å². The summed E-state index contributed by atoms with van der Waals surface area (Å²) in [7, 11) is 0. The van der Waals surface area contributed by atoms with E-state index >= 15 is 0 Å². The Morgan fingerprint density at radius 1 is 1.35 bits per heavy atom. The molecule has 0 aromatic heterocycles. The SMILES string of the molecule is CC(N)C1CCCN(C(C)c2ccc([N+](=O)[O-])cc2)C1. The van der Waals surface area contributed by atoms with Crippen LogP contribution in [0.1, 0.15) is 38.3 Å². The Bertz CT molecular complexity index is 459. The Morgan fingerprint density at radius 2 is 2.00 bits per heavy atom. The van der Waals surface area contributed by atoms with Gasteiger partial charge in [-0.1, -0.05) is 12.1 Å². The van der Waals surface area contributed by atoms with Gasteiger partial charge in [0, 0.05) is 30.8 Å². The van der Waals surface area contributed by atoms with Crippen LogP contribution in [0, 0.1) is 16.0 Å². The van der Waals surface area contributed by atoms with E-state index in [4.69, 9.17) is 5.73 Å². The Labute approximate surface area is 119 Å². The lowest BCUT2D eigenvalue weighted by molar-refractivity contribution is -0.384. The van der Waals surface area contributed by atoms with Gasteiger partial charge in [0.2, 0.25) is 0 Å². The van der Waals surface area contributed by atoms with Crippen LogP contribution in [0.15, 0.2) is 24.3 Å². The molecule has 3 unspecified atom stereocenters. The molecular formula is C15H23N3O2. The lowest BCUT2D eigenvalue weighted by Gasteiger charge is -2.38. The van der Waals surface area contributed by atoms with Crippen molar-refractivity contribution in [2.24, 2.45) is 11.7 Å². The number of nitro benzene ring substituents is 1. The predicted octanol–water partition coefficient (Wildman–Crippen LogP) is 2.72. The van der Waals surface area contributed by atoms with E-state index in [9.17, 15) is 10.1 Å². The summed E-state index contributed by atoms with van der Waals surface area (Å²) in [6.45, 7) is 6.31. The number of non-ortho nitro benzene ring substituents is 1. The average Bonchev–Trinajstić information content (AvgIpc) is 2.46. The molecule has 1 aliphatic heterocycles. The maximum Gasteiger partial charge on any atom is 0.269 e. The van der Waals surface area contributed by atoms with E-state index in [0.717, 1.165) is 18.7 Å². The fourth-order valence-electron chi connectivity index (χ4n) is 2.91. The smallest absolute Gasteiger partial charge is 0.269 e. The molecule has 1 fully saturated rings. The number of benzene rings is 1. The highest BCUT2D eigenvalue weighted by Gasteiger charge is 2.26. The molecule has 3 atom stereocenters. The summed E-state index contributed by atoms with van der Waals surface area (Å²) < 4.78 is 0. The van der Waals surface area contributed by atoms with Crippen molar-refractivity contribution in [1.29, 1.82) is 0 Å². The summed E-state index contributed by atoms with van der Waals surface area (Å²) in [6.07, 6.45) is 2.37. The van der Waals surface area contributed by atoms with E-state index in [1.54, 1.807) is 12.1 Å². The van der Waals surface area contributed by atoms with Crippen molar-refractivity contribution in [3.05, 3.63) is 39.9 Å². The Hall–Kier alpha value is -1.46. The largest absolute Gasteiger partial charge is 0.328 e. The topological polar surface area (TPSA) is 72.4 Å². The number of nitrogens with zero attached hydrogens (tertiary/aromatic N) is 2. The van der Waals surface area contributed by atoms with Crippen molar-refractivity contribution in [2.45, 2.75) is 38.8 Å². The predicted molar refractivity (Wildman–Crippen MR) is 79.5 cm³/mol. The zero-order valence-electron chi connectivity index (χ0n) is 12.2. The third-order valence-electron chi connectivity index (χ3n) is 4.37. The standard InChI is InChI=1S/C15H23N3O2/c1-11(16)14-4-3-9-17(10-14)12(2)13-5-7-15(8-6-13)18(19)20/h5-8,11-12,14H,3-4,9-10,16H2,1-2H3. The molecule has 5 heteroatoms. The van der Waals surface area contributed by atoms with Crippen molar-refractivity contribution < 1.29 is 4.92 Å². The van der Waals surface area contributed by atoms with E-state index in [1.807, 2.05) is 12.1 Å². The molecule has 1 aliphatic rings. The number of hydrogen-bond donors (Lipinski definition) is 1. The molecule has 0 radical (unpaired) electrons. The van der Waals surface area contributed by atoms with Gasteiger partial charge >= 0.3 is 0 Å². The first kappa shape index (κ1) is 14.9. The Morgan fingerprint density at radius 3 is 2.55 bits per heavy atom. The van der Waals surface area contributed by atoms with Gasteiger partial charge < -0.3 is 5.73 Å². The minimum absolute atomic E-state index is 0.146. The van der Waals surface area contributed by atoms with Crippen LogP contribution in [0.4, 0.5) is 5.69 Å². The van der Waals surface area contributed by atoms with Gasteiger partial charge in [-0.3, -0.25) is 15.0 Å². The van der Waals surface area contributed by atoms with Crippen LogP contribution in [0.25, 0.3) is 0 Å². The fourth-order valence-corrected chi connectivity index (χ4v) is 2.91. The zero-order valence-corrected chi connectivity index (χ0v) is 12.2. The fraction of sp³-hybridized carbons (Fsp3) is 0.600. The van der Waals surface area contributed by atoms with Crippen LogP contribution < -0.4 is 5.73 Å². The Balaban J connectivity index is 2.06. The number of likely N-dealkylation sites (tertiary alicyclic amines) is 1. The molecular weight excluding hydrogens is 254 g/mol. The maximum absolute atomic E-state index is 10.7. The van der Waals surface area contributed by atoms with E-state index in [2.05, 4.69) is 18.7 Å². The van der Waals surface area contributed by atoms with Crippen LogP contribution in [0.3, 0.4) is 0 Å². The molecule has 1 aromatic carbocycles. The molecule has 0 bridgehead atoms. The second-order valence-corrected chi connectivity index (χ2v) is 5.78. The Kier molecular flexibility index (Phi) is 4.73. The van der Waals surface area contributed by atoms with Gasteiger partial charge in [0.05, 0.1) is 4.92 Å². The number of hydrogen-bond acceptors (Lipinski definition) is 4. The third-order valence-corrected chi connectivity index (χ3v) is 4.37. The number of rotatable bonds is 4. The normalized spacial score (nSPS) is 23.2. The van der Waals surface area contributed by atoms with E-state index in [0.29, 0.717) is 5.92 Å². The number of piperidine rings is 1. The summed E-state index contributed by atoms with van der Waals surface area (Å²) in [6, 6.07) is 7.38. The van der Waals surface area contributed by atoms with Crippen LogP contribution in [-0.4, -0.2) is 29.0 Å². The van der Waals surface area contributed by atoms with Gasteiger partial charge in [-0.05, 0) is 44.7 Å². The molecule has 2 N–H and O–H groups in total. The minimum Gasteiger partial charge on any atom is -0.328 e. The molecule has 0 spiro atoms. The van der Waals surface area contributed by atoms with Crippen molar-refractivity contribution in [1.82, 2.24) is 4.90 Å². The molecule has 5 nitrogen and oxygen atoms in total. The summed E-state index contributed by atoms with van der Waals surface area (Å²) in [5.74, 6) is 0.546. The van der Waals surface area contributed by atoms with E-state index in [1.165, 1.54) is 12.8 Å². The maximum atomic E-state index is 10.7. The van der Waals surface area contributed by atoms with Gasteiger partial charge in [0.1, 0.15) is 0 Å². The molecule has 0 amide bonds. The molecule has 110 valence electrons. The number of nitrogens with two attached hydrogens (primary N) is 1. The minimum atomic E-state index is -0.360. The van der Waals surface area contributed by atoms with Crippen LogP contribution >= 0.6 is 0 Å². The van der Waals surface area contributed by atoms with E-state index in [-0.39, 0.29) is 22.7 Å². The molecule has 1 aromatic rings. The first-order chi connectivity index (χ1) is 9.49. The monoisotopic (exact) mass is 277 g/mol. The van der Waals surface area contributed by atoms with E-state index < -0.39 is 0 Å². The third kappa shape index (κ3) is 3.35. The lowest BCUT2D eigenvalue weighted by atomic mass is 9.90.